The number of nitrogens with zero attached hydrogens (tertiary/aromatic N) is 3. The molecule has 3 rings (SSSR count). The van der Waals surface area contributed by atoms with E-state index in [0.717, 1.165) is 10.0 Å². The largest absolute Gasteiger partial charge is 0.504 e. The smallest absolute Gasteiger partial charge is 0.291 e. The van der Waals surface area contributed by atoms with E-state index in [1.54, 1.807) is 35.1 Å². The molecule has 138 valence electrons. The van der Waals surface area contributed by atoms with Crippen LogP contribution in [-0.2, 0) is 6.54 Å². The zero-order valence-corrected chi connectivity index (χ0v) is 16.0. The second-order valence-electron chi connectivity index (χ2n) is 5.62. The molecular weight excluding hydrogens is 412 g/mol. The van der Waals surface area contributed by atoms with Gasteiger partial charge in [-0.25, -0.2) is 5.43 Å². The summed E-state index contributed by atoms with van der Waals surface area (Å²) in [6, 6.07) is 14.5. The third-order valence-corrected chi connectivity index (χ3v) is 4.28. The molecule has 2 aromatic carbocycles. The van der Waals surface area contributed by atoms with Gasteiger partial charge in [0.25, 0.3) is 5.91 Å². The van der Waals surface area contributed by atoms with Crippen LogP contribution >= 0.6 is 15.9 Å². The van der Waals surface area contributed by atoms with Gasteiger partial charge in [-0.3, -0.25) is 9.48 Å². The maximum atomic E-state index is 12.2. The molecule has 0 atom stereocenters. The number of phenolic OH excluding ortho intramolecular Hbond substituents is 1. The maximum Gasteiger partial charge on any atom is 0.291 e. The van der Waals surface area contributed by atoms with Gasteiger partial charge in [-0.15, -0.1) is 0 Å². The Balaban J connectivity index is 1.62. The Morgan fingerprint density at radius 3 is 2.81 bits per heavy atom. The van der Waals surface area contributed by atoms with Crippen LogP contribution in [0.4, 0.5) is 0 Å². The van der Waals surface area contributed by atoms with E-state index in [4.69, 9.17) is 4.74 Å². The molecule has 0 fully saturated rings. The number of ether oxygens (including phenoxy) is 1. The van der Waals surface area contributed by atoms with Crippen LogP contribution in [0.2, 0.25) is 0 Å². The Labute approximate surface area is 164 Å². The van der Waals surface area contributed by atoms with Crippen molar-refractivity contribution in [1.82, 2.24) is 15.2 Å². The third-order valence-electron chi connectivity index (χ3n) is 3.75. The van der Waals surface area contributed by atoms with Crippen LogP contribution in [0.1, 0.15) is 21.6 Å². The van der Waals surface area contributed by atoms with Crippen LogP contribution in [0, 0.1) is 0 Å². The van der Waals surface area contributed by atoms with Gasteiger partial charge in [0.2, 0.25) is 0 Å². The quantitative estimate of drug-likeness (QED) is 0.466. The summed E-state index contributed by atoms with van der Waals surface area (Å²) in [5, 5.41) is 18.1. The number of nitrogens with one attached hydrogen (secondary N) is 1. The van der Waals surface area contributed by atoms with Gasteiger partial charge >= 0.3 is 0 Å². The molecule has 1 amide bonds. The summed E-state index contributed by atoms with van der Waals surface area (Å²) in [6.45, 7) is 0.557. The van der Waals surface area contributed by atoms with Crippen LogP contribution in [0.5, 0.6) is 11.5 Å². The second kappa shape index (κ2) is 8.50. The fourth-order valence-corrected chi connectivity index (χ4v) is 2.64. The topological polar surface area (TPSA) is 88.7 Å². The molecule has 7 nitrogen and oxygen atoms in total. The number of aromatic nitrogens is 2. The van der Waals surface area contributed by atoms with Crippen molar-refractivity contribution in [1.29, 1.82) is 0 Å². The van der Waals surface area contributed by atoms with Gasteiger partial charge < -0.3 is 9.84 Å². The van der Waals surface area contributed by atoms with E-state index in [2.05, 4.69) is 31.6 Å². The van der Waals surface area contributed by atoms with Crippen molar-refractivity contribution in [3.05, 3.63) is 76.0 Å². The number of para-hydroxylation sites is 1. The minimum absolute atomic E-state index is 0.0447. The average Bonchev–Trinajstić information content (AvgIpc) is 3.13. The standard InChI is InChI=1S/C19H17BrN4O3/c1-27-17-4-2-3-14(18(17)25)11-21-22-19(26)16-9-10-24(23-16)12-13-5-7-15(20)8-6-13/h2-11,25H,12H2,1H3,(H,22,26)/b21-11-. The lowest BCUT2D eigenvalue weighted by Gasteiger charge is -2.04. The van der Waals surface area contributed by atoms with Crippen molar-refractivity contribution in [2.24, 2.45) is 5.10 Å². The number of hydrogen-bond acceptors (Lipinski definition) is 5. The Kier molecular flexibility index (Phi) is 5.87. The Morgan fingerprint density at radius 2 is 2.07 bits per heavy atom. The van der Waals surface area contributed by atoms with Gasteiger partial charge in [-0.1, -0.05) is 34.1 Å². The average molecular weight is 429 g/mol. The molecule has 0 aliphatic carbocycles. The molecule has 1 aromatic heterocycles. The first-order valence-corrected chi connectivity index (χ1v) is 8.83. The summed E-state index contributed by atoms with van der Waals surface area (Å²) < 4.78 is 7.71. The highest BCUT2D eigenvalue weighted by molar-refractivity contribution is 9.10. The molecule has 0 aliphatic rings. The monoisotopic (exact) mass is 428 g/mol. The number of aromatic hydroxyl groups is 1. The van der Waals surface area contributed by atoms with Crippen LogP contribution in [0.25, 0.3) is 0 Å². The van der Waals surface area contributed by atoms with Crippen molar-refractivity contribution in [3.8, 4) is 11.5 Å². The Bertz CT molecular complexity index is 967. The molecule has 1 heterocycles. The molecule has 27 heavy (non-hydrogen) atoms. The van der Waals surface area contributed by atoms with E-state index in [0.29, 0.717) is 17.9 Å². The lowest BCUT2D eigenvalue weighted by atomic mass is 10.2. The predicted octanol–water partition coefficient (Wildman–Crippen LogP) is 3.17. The molecule has 0 aliphatic heterocycles. The molecular formula is C19H17BrN4O3. The number of carbonyl (C=O) groups excluding carboxylic acids is 1. The summed E-state index contributed by atoms with van der Waals surface area (Å²) in [7, 11) is 1.46. The van der Waals surface area contributed by atoms with Crippen molar-refractivity contribution in [3.63, 3.8) is 0 Å². The third kappa shape index (κ3) is 4.73. The zero-order chi connectivity index (χ0) is 19.2. The first kappa shape index (κ1) is 18.7. The van der Waals surface area contributed by atoms with E-state index >= 15 is 0 Å². The fourth-order valence-electron chi connectivity index (χ4n) is 2.37. The van der Waals surface area contributed by atoms with Gasteiger partial charge in [0, 0.05) is 16.2 Å². The maximum absolute atomic E-state index is 12.2. The molecule has 0 bridgehead atoms. The first-order chi connectivity index (χ1) is 13.1. The van der Waals surface area contributed by atoms with Crippen molar-refractivity contribution in [2.75, 3.05) is 7.11 Å². The van der Waals surface area contributed by atoms with E-state index in [1.165, 1.54) is 13.3 Å². The second-order valence-corrected chi connectivity index (χ2v) is 6.54. The van der Waals surface area contributed by atoms with Gasteiger partial charge in [-0.05, 0) is 35.9 Å². The van der Waals surface area contributed by atoms with Crippen LogP contribution in [0.3, 0.4) is 0 Å². The predicted molar refractivity (Wildman–Crippen MR) is 105 cm³/mol. The summed E-state index contributed by atoms with van der Waals surface area (Å²) >= 11 is 3.40. The van der Waals surface area contributed by atoms with E-state index < -0.39 is 5.91 Å². The normalized spacial score (nSPS) is 10.9. The zero-order valence-electron chi connectivity index (χ0n) is 14.5. The van der Waals surface area contributed by atoms with Crippen LogP contribution in [0.15, 0.2) is 64.3 Å². The molecule has 0 radical (unpaired) electrons. The van der Waals surface area contributed by atoms with Crippen LogP contribution in [-0.4, -0.2) is 34.1 Å². The highest BCUT2D eigenvalue weighted by Gasteiger charge is 2.09. The number of benzene rings is 2. The molecule has 3 aromatic rings. The SMILES string of the molecule is COc1cccc(/C=N\NC(=O)c2ccn(Cc3ccc(Br)cc3)n2)c1O. The first-order valence-electron chi connectivity index (χ1n) is 8.04. The lowest BCUT2D eigenvalue weighted by Crippen LogP contribution is -2.18. The summed E-state index contributed by atoms with van der Waals surface area (Å²) in [5.74, 6) is -0.156. The van der Waals surface area contributed by atoms with Crippen molar-refractivity contribution < 1.29 is 14.6 Å². The van der Waals surface area contributed by atoms with Gasteiger partial charge in [0.1, 0.15) is 0 Å². The number of methoxy groups -OCH3 is 1. The Morgan fingerprint density at radius 1 is 1.30 bits per heavy atom. The summed E-state index contributed by atoms with van der Waals surface area (Å²) in [6.07, 6.45) is 3.07. The number of hydrogen-bond donors (Lipinski definition) is 2. The highest BCUT2D eigenvalue weighted by Crippen LogP contribution is 2.27. The van der Waals surface area contributed by atoms with E-state index in [1.807, 2.05) is 24.3 Å². The number of carbonyl (C=O) groups is 1. The molecule has 0 saturated carbocycles. The number of amides is 1. The molecule has 2 N–H and O–H groups in total. The molecule has 0 unspecified atom stereocenters. The minimum atomic E-state index is -0.441. The number of rotatable bonds is 6. The van der Waals surface area contributed by atoms with Gasteiger partial charge in [0.15, 0.2) is 17.2 Å². The fraction of sp³-hybridized carbons (Fsp3) is 0.105. The number of hydrazone groups is 1. The number of halogens is 1. The van der Waals surface area contributed by atoms with Crippen molar-refractivity contribution >= 4 is 28.1 Å². The Hall–Kier alpha value is -3.13. The van der Waals surface area contributed by atoms with Crippen molar-refractivity contribution in [2.45, 2.75) is 6.54 Å². The van der Waals surface area contributed by atoms with E-state index in [-0.39, 0.29) is 11.4 Å². The summed E-state index contributed by atoms with van der Waals surface area (Å²) in [5.41, 5.74) is 4.14. The number of phenols is 1. The highest BCUT2D eigenvalue weighted by atomic mass is 79.9. The molecule has 0 spiro atoms. The van der Waals surface area contributed by atoms with Gasteiger partial charge in [-0.2, -0.15) is 10.2 Å². The van der Waals surface area contributed by atoms with Crippen LogP contribution < -0.4 is 10.2 Å². The molecule has 8 heteroatoms. The van der Waals surface area contributed by atoms with Gasteiger partial charge in [0.05, 0.1) is 19.9 Å². The molecule has 0 saturated heterocycles. The van der Waals surface area contributed by atoms with E-state index in [9.17, 15) is 9.90 Å². The minimum Gasteiger partial charge on any atom is -0.504 e. The summed E-state index contributed by atoms with van der Waals surface area (Å²) in [4.78, 5) is 12.2. The lowest BCUT2D eigenvalue weighted by molar-refractivity contribution is 0.0949.